The topological polar surface area (TPSA) is 13.1 Å². The van der Waals surface area contributed by atoms with Gasteiger partial charge in [-0.25, -0.2) is 8.78 Å². The number of furan rings is 1. The maximum atomic E-state index is 15.7. The van der Waals surface area contributed by atoms with Crippen LogP contribution >= 0.6 is 0 Å². The molecule has 11 rings (SSSR count). The van der Waals surface area contributed by atoms with E-state index in [1.165, 1.54) is 56.4 Å². The highest BCUT2D eigenvalue weighted by molar-refractivity contribution is 6.23. The summed E-state index contributed by atoms with van der Waals surface area (Å²) in [5, 5.41) is 8.60. The molecule has 1 aromatic heterocycles. The third-order valence-corrected chi connectivity index (χ3v) is 11.7. The summed E-state index contributed by atoms with van der Waals surface area (Å²) in [6, 6.07) is 53.1. The minimum absolute atomic E-state index is 0.0327. The Bertz CT molecular complexity index is 3180. The van der Waals surface area contributed by atoms with Gasteiger partial charge in [0.25, 0.3) is 0 Å². The van der Waals surface area contributed by atoms with E-state index >= 15 is 8.78 Å². The molecular formula is C53H34F2O. The van der Waals surface area contributed by atoms with Gasteiger partial charge in [-0.05, 0) is 125 Å². The Labute approximate surface area is 322 Å². The standard InChI is InChI=1S/C53H34F2O/c1-31-25-27-40-43(29-31)52(53-44(54)22-12-23-45(53)55)39-20-10-9-19-38(39)50(40)42-21-11-24-46-51(42)41-28-26-33(30-47(41)56-46)49-36-17-7-5-15-34(36)48(32-13-3-2-4-14-32)35-16-6-8-18-37(35)49/h2-28,30-31H,29H2,1H3. The van der Waals surface area contributed by atoms with E-state index in [0.29, 0.717) is 12.0 Å². The Morgan fingerprint density at radius 3 is 1.66 bits per heavy atom. The fraction of sp³-hybridized carbons (Fsp3) is 0.0566. The van der Waals surface area contributed by atoms with Crippen LogP contribution in [0, 0.1) is 17.6 Å². The quantitative estimate of drug-likeness (QED) is 0.165. The second kappa shape index (κ2) is 12.6. The van der Waals surface area contributed by atoms with Gasteiger partial charge in [0.05, 0.1) is 5.56 Å². The number of hydrogen-bond acceptors (Lipinski definition) is 1. The fourth-order valence-corrected chi connectivity index (χ4v) is 9.42. The van der Waals surface area contributed by atoms with Crippen molar-refractivity contribution < 1.29 is 13.2 Å². The zero-order valence-electron chi connectivity index (χ0n) is 30.6. The molecule has 0 saturated carbocycles. The first kappa shape index (κ1) is 32.6. The summed E-state index contributed by atoms with van der Waals surface area (Å²) in [5.74, 6) is -0.898. The molecule has 0 saturated heterocycles. The van der Waals surface area contributed by atoms with E-state index in [2.05, 4.69) is 128 Å². The zero-order valence-corrected chi connectivity index (χ0v) is 30.6. The molecule has 1 heterocycles. The van der Waals surface area contributed by atoms with E-state index in [9.17, 15) is 0 Å². The second-order valence-corrected chi connectivity index (χ2v) is 15.0. The van der Waals surface area contributed by atoms with Crippen LogP contribution in [0.1, 0.15) is 18.1 Å². The normalized spacial score (nSPS) is 14.0. The van der Waals surface area contributed by atoms with Gasteiger partial charge in [-0.1, -0.05) is 146 Å². The van der Waals surface area contributed by atoms with Crippen molar-refractivity contribution in [1.82, 2.24) is 0 Å². The molecule has 1 atom stereocenters. The highest BCUT2D eigenvalue weighted by Gasteiger charge is 2.28. The van der Waals surface area contributed by atoms with E-state index in [1.807, 2.05) is 30.3 Å². The lowest BCUT2D eigenvalue weighted by Crippen LogP contribution is -2.09. The predicted molar refractivity (Wildman–Crippen MR) is 230 cm³/mol. The van der Waals surface area contributed by atoms with Gasteiger partial charge in [0.15, 0.2) is 0 Å². The molecule has 0 N–H and O–H groups in total. The van der Waals surface area contributed by atoms with Crippen molar-refractivity contribution in [2.75, 3.05) is 0 Å². The fourth-order valence-electron chi connectivity index (χ4n) is 9.42. The summed E-state index contributed by atoms with van der Waals surface area (Å²) >= 11 is 0. The van der Waals surface area contributed by atoms with E-state index in [-0.39, 0.29) is 11.5 Å². The Kier molecular flexibility index (Phi) is 7.34. The van der Waals surface area contributed by atoms with Crippen molar-refractivity contribution >= 4 is 60.3 Å². The third kappa shape index (κ3) is 4.84. The van der Waals surface area contributed by atoms with Crippen LogP contribution in [0.5, 0.6) is 0 Å². The van der Waals surface area contributed by atoms with Gasteiger partial charge in [-0.15, -0.1) is 0 Å². The molecule has 0 bridgehead atoms. The first-order valence-electron chi connectivity index (χ1n) is 19.2. The smallest absolute Gasteiger partial charge is 0.136 e. The number of rotatable bonds is 4. The molecule has 0 amide bonds. The Balaban J connectivity index is 1.18. The highest BCUT2D eigenvalue weighted by Crippen LogP contribution is 2.50. The van der Waals surface area contributed by atoms with Crippen molar-refractivity contribution in [3.8, 4) is 44.5 Å². The molecule has 266 valence electrons. The van der Waals surface area contributed by atoms with Gasteiger partial charge in [-0.2, -0.15) is 0 Å². The lowest BCUT2D eigenvalue weighted by Gasteiger charge is -2.26. The van der Waals surface area contributed by atoms with Crippen LogP contribution in [0.3, 0.4) is 0 Å². The molecule has 0 spiro atoms. The van der Waals surface area contributed by atoms with Crippen LogP contribution < -0.4 is 0 Å². The molecule has 0 radical (unpaired) electrons. The van der Waals surface area contributed by atoms with Crippen molar-refractivity contribution in [1.29, 1.82) is 0 Å². The van der Waals surface area contributed by atoms with E-state index in [0.717, 1.165) is 60.5 Å². The second-order valence-electron chi connectivity index (χ2n) is 15.0. The summed E-state index contributed by atoms with van der Waals surface area (Å²) in [6.45, 7) is 2.15. The van der Waals surface area contributed by atoms with Gasteiger partial charge in [0, 0.05) is 10.8 Å². The maximum absolute atomic E-state index is 15.7. The molecule has 3 heteroatoms. The van der Waals surface area contributed by atoms with Crippen LogP contribution in [-0.4, -0.2) is 0 Å². The van der Waals surface area contributed by atoms with Crippen molar-refractivity contribution in [2.45, 2.75) is 13.3 Å². The summed E-state index contributed by atoms with van der Waals surface area (Å²) in [7, 11) is 0. The molecule has 0 aliphatic heterocycles. The van der Waals surface area contributed by atoms with Crippen LogP contribution in [0.4, 0.5) is 8.78 Å². The Morgan fingerprint density at radius 1 is 0.464 bits per heavy atom. The Hall–Kier alpha value is -6.84. The third-order valence-electron chi connectivity index (χ3n) is 11.7. The molecule has 56 heavy (non-hydrogen) atoms. The van der Waals surface area contributed by atoms with Gasteiger partial charge in [0.2, 0.25) is 0 Å². The van der Waals surface area contributed by atoms with Crippen molar-refractivity contribution in [2.24, 2.45) is 5.92 Å². The van der Waals surface area contributed by atoms with E-state index in [4.69, 9.17) is 4.42 Å². The SMILES string of the molecule is CC1C=Cc2c(c(-c3c(F)cccc3F)c3ccccc3c2-c2cccc3oc4cc(-c5c6ccccc6c(-c6ccccc6)c6ccccc56)ccc4c23)C1. The number of benzene rings is 9. The molecule has 1 aliphatic carbocycles. The number of fused-ring (bicyclic) bond motifs is 7. The first-order valence-corrected chi connectivity index (χ1v) is 19.2. The summed E-state index contributed by atoms with van der Waals surface area (Å²) in [6.07, 6.45) is 5.03. The Morgan fingerprint density at radius 2 is 1.02 bits per heavy atom. The lowest BCUT2D eigenvalue weighted by atomic mass is 9.77. The average molecular weight is 725 g/mol. The first-order chi connectivity index (χ1) is 27.5. The summed E-state index contributed by atoms with van der Waals surface area (Å²) < 4.78 is 38.1. The van der Waals surface area contributed by atoms with Crippen LogP contribution in [0.2, 0.25) is 0 Å². The number of halogens is 2. The van der Waals surface area contributed by atoms with Gasteiger partial charge in [-0.3, -0.25) is 0 Å². The molecule has 10 aromatic rings. The van der Waals surface area contributed by atoms with E-state index < -0.39 is 11.6 Å². The molecule has 1 unspecified atom stereocenters. The zero-order chi connectivity index (χ0) is 37.5. The van der Waals surface area contributed by atoms with Crippen LogP contribution in [0.25, 0.3) is 105 Å². The molecular weight excluding hydrogens is 691 g/mol. The van der Waals surface area contributed by atoms with E-state index in [1.54, 1.807) is 0 Å². The van der Waals surface area contributed by atoms with Crippen LogP contribution in [0.15, 0.2) is 168 Å². The van der Waals surface area contributed by atoms with Crippen molar-refractivity contribution in [3.63, 3.8) is 0 Å². The number of allylic oxidation sites excluding steroid dienone is 1. The molecule has 9 aromatic carbocycles. The van der Waals surface area contributed by atoms with Gasteiger partial charge in [0.1, 0.15) is 22.8 Å². The summed E-state index contributed by atoms with van der Waals surface area (Å²) in [5.41, 5.74) is 11.0. The highest BCUT2D eigenvalue weighted by atomic mass is 19.1. The molecule has 1 nitrogen and oxygen atoms in total. The molecule has 1 aliphatic rings. The molecule has 0 fully saturated rings. The van der Waals surface area contributed by atoms with Crippen molar-refractivity contribution in [3.05, 3.63) is 187 Å². The maximum Gasteiger partial charge on any atom is 0.136 e. The minimum Gasteiger partial charge on any atom is -0.456 e. The minimum atomic E-state index is -0.554. The largest absolute Gasteiger partial charge is 0.456 e. The van der Waals surface area contributed by atoms with Crippen LogP contribution in [-0.2, 0) is 6.42 Å². The number of hydrogen-bond donors (Lipinski definition) is 0. The monoisotopic (exact) mass is 724 g/mol. The van der Waals surface area contributed by atoms with Gasteiger partial charge >= 0.3 is 0 Å². The summed E-state index contributed by atoms with van der Waals surface area (Å²) in [4.78, 5) is 0. The lowest BCUT2D eigenvalue weighted by molar-refractivity contribution is 0.589. The average Bonchev–Trinajstić information content (AvgIpc) is 3.61. The van der Waals surface area contributed by atoms with Gasteiger partial charge < -0.3 is 4.42 Å². The predicted octanol–water partition coefficient (Wildman–Crippen LogP) is 15.2.